The molecule has 0 saturated carbocycles. The lowest BCUT2D eigenvalue weighted by Crippen LogP contribution is -2.42. The van der Waals surface area contributed by atoms with Crippen molar-refractivity contribution in [3.05, 3.63) is 35.4 Å². The molecule has 0 aliphatic heterocycles. The molecule has 0 aromatic heterocycles. The van der Waals surface area contributed by atoms with E-state index in [1.54, 1.807) is 7.05 Å². The SMILES string of the molecule is CCN(CC)Cc1ccc(CNC(=NC)NCCNC(=O)OC(C)(C)C)cc1.I. The number of nitrogens with one attached hydrogen (secondary N) is 3. The van der Waals surface area contributed by atoms with Crippen LogP contribution in [0.2, 0.25) is 0 Å². The summed E-state index contributed by atoms with van der Waals surface area (Å²) in [5.41, 5.74) is 2.03. The lowest BCUT2D eigenvalue weighted by Gasteiger charge is -2.20. The number of ether oxygens (including phenoxy) is 1. The topological polar surface area (TPSA) is 78.0 Å². The highest BCUT2D eigenvalue weighted by Crippen LogP contribution is 2.08. The number of alkyl carbamates (subject to hydrolysis) is 1. The van der Waals surface area contributed by atoms with E-state index < -0.39 is 11.7 Å². The van der Waals surface area contributed by atoms with Crippen molar-refractivity contribution < 1.29 is 9.53 Å². The number of rotatable bonds is 9. The first-order valence-electron chi connectivity index (χ1n) is 9.99. The monoisotopic (exact) mass is 519 g/mol. The molecule has 8 heteroatoms. The van der Waals surface area contributed by atoms with Crippen molar-refractivity contribution in [1.29, 1.82) is 0 Å². The van der Waals surface area contributed by atoms with Crippen molar-refractivity contribution >= 4 is 36.0 Å². The highest BCUT2D eigenvalue weighted by molar-refractivity contribution is 14.0. The van der Waals surface area contributed by atoms with Gasteiger partial charge in [0.05, 0.1) is 0 Å². The number of amides is 1. The molecular formula is C21H38IN5O2. The van der Waals surface area contributed by atoms with Crippen LogP contribution in [0.4, 0.5) is 4.79 Å². The van der Waals surface area contributed by atoms with Crippen LogP contribution in [0.3, 0.4) is 0 Å². The van der Waals surface area contributed by atoms with Gasteiger partial charge < -0.3 is 20.7 Å². The first-order chi connectivity index (χ1) is 13.3. The number of halogens is 1. The number of nitrogens with zero attached hydrogens (tertiary/aromatic N) is 2. The molecule has 0 aliphatic rings. The fourth-order valence-electron chi connectivity index (χ4n) is 2.53. The van der Waals surface area contributed by atoms with Gasteiger partial charge in [-0.2, -0.15) is 0 Å². The lowest BCUT2D eigenvalue weighted by atomic mass is 10.1. The Labute approximate surface area is 193 Å². The number of guanidine groups is 1. The molecule has 29 heavy (non-hydrogen) atoms. The molecule has 166 valence electrons. The van der Waals surface area contributed by atoms with Crippen LogP contribution in [0.5, 0.6) is 0 Å². The van der Waals surface area contributed by atoms with Crippen LogP contribution in [-0.2, 0) is 17.8 Å². The quantitative estimate of drug-likeness (QED) is 0.202. The van der Waals surface area contributed by atoms with Crippen LogP contribution >= 0.6 is 24.0 Å². The number of carbonyl (C=O) groups excluding carboxylic acids is 1. The standard InChI is InChI=1S/C21H37N5O2.HI/c1-7-26(8-2)16-18-11-9-17(10-12-18)15-25-19(22-6)23-13-14-24-20(27)28-21(3,4)5;/h9-12H,7-8,13-16H2,1-6H3,(H,24,27)(H2,22,23,25);1H. The van der Waals surface area contributed by atoms with E-state index in [-0.39, 0.29) is 24.0 Å². The summed E-state index contributed by atoms with van der Waals surface area (Å²) < 4.78 is 5.20. The largest absolute Gasteiger partial charge is 0.444 e. The highest BCUT2D eigenvalue weighted by Gasteiger charge is 2.15. The van der Waals surface area contributed by atoms with Gasteiger partial charge in [0.1, 0.15) is 5.60 Å². The lowest BCUT2D eigenvalue weighted by molar-refractivity contribution is 0.0529. The second kappa shape index (κ2) is 14.4. The Bertz CT molecular complexity index is 610. The predicted octanol–water partition coefficient (Wildman–Crippen LogP) is 3.34. The summed E-state index contributed by atoms with van der Waals surface area (Å²) in [6.07, 6.45) is -0.415. The van der Waals surface area contributed by atoms with Crippen LogP contribution < -0.4 is 16.0 Å². The average molecular weight is 519 g/mol. The Morgan fingerprint density at radius 3 is 2.07 bits per heavy atom. The Morgan fingerprint density at radius 1 is 1.00 bits per heavy atom. The number of aliphatic imine (C=N–C) groups is 1. The Morgan fingerprint density at radius 2 is 1.55 bits per heavy atom. The van der Waals surface area contributed by atoms with Gasteiger partial charge in [-0.25, -0.2) is 4.79 Å². The molecule has 7 nitrogen and oxygen atoms in total. The van der Waals surface area contributed by atoms with E-state index in [1.165, 1.54) is 11.1 Å². The zero-order valence-electron chi connectivity index (χ0n) is 18.7. The molecule has 0 bridgehead atoms. The maximum atomic E-state index is 11.6. The molecule has 0 fully saturated rings. The van der Waals surface area contributed by atoms with Crippen LogP contribution in [-0.4, -0.2) is 55.8 Å². The predicted molar refractivity (Wildman–Crippen MR) is 131 cm³/mol. The fourth-order valence-corrected chi connectivity index (χ4v) is 2.53. The van der Waals surface area contributed by atoms with Crippen molar-refractivity contribution in [2.24, 2.45) is 4.99 Å². The maximum Gasteiger partial charge on any atom is 0.407 e. The van der Waals surface area contributed by atoms with Gasteiger partial charge in [-0.1, -0.05) is 38.1 Å². The fraction of sp³-hybridized carbons (Fsp3) is 0.619. The number of benzene rings is 1. The molecule has 3 N–H and O–H groups in total. The molecule has 0 atom stereocenters. The van der Waals surface area contributed by atoms with E-state index in [0.717, 1.165) is 19.6 Å². The molecule has 0 saturated heterocycles. The van der Waals surface area contributed by atoms with Gasteiger partial charge in [-0.3, -0.25) is 9.89 Å². The summed E-state index contributed by atoms with van der Waals surface area (Å²) in [6, 6.07) is 8.64. The van der Waals surface area contributed by atoms with Crippen molar-refractivity contribution in [3.8, 4) is 0 Å². The third-order valence-electron chi connectivity index (χ3n) is 4.09. The summed E-state index contributed by atoms with van der Waals surface area (Å²) in [7, 11) is 1.73. The summed E-state index contributed by atoms with van der Waals surface area (Å²) in [5.74, 6) is 0.693. The van der Waals surface area contributed by atoms with Crippen LogP contribution in [0.1, 0.15) is 45.7 Å². The summed E-state index contributed by atoms with van der Waals surface area (Å²) >= 11 is 0. The molecule has 0 radical (unpaired) electrons. The average Bonchev–Trinajstić information content (AvgIpc) is 2.65. The van der Waals surface area contributed by atoms with Gasteiger partial charge in [0, 0.05) is 33.2 Å². The maximum absolute atomic E-state index is 11.6. The van der Waals surface area contributed by atoms with E-state index in [2.05, 4.69) is 64.0 Å². The molecule has 0 spiro atoms. The van der Waals surface area contributed by atoms with Gasteiger partial charge >= 0.3 is 6.09 Å². The van der Waals surface area contributed by atoms with Gasteiger partial charge in [0.15, 0.2) is 5.96 Å². The molecule has 0 unspecified atom stereocenters. The normalized spacial score (nSPS) is 11.6. The van der Waals surface area contributed by atoms with Crippen molar-refractivity contribution in [2.45, 2.75) is 53.3 Å². The second-order valence-electron chi connectivity index (χ2n) is 7.56. The van der Waals surface area contributed by atoms with E-state index >= 15 is 0 Å². The van der Waals surface area contributed by atoms with Gasteiger partial charge in [0.2, 0.25) is 0 Å². The highest BCUT2D eigenvalue weighted by atomic mass is 127. The molecule has 1 aromatic carbocycles. The third kappa shape index (κ3) is 12.6. The zero-order chi connectivity index (χ0) is 21.0. The van der Waals surface area contributed by atoms with Crippen molar-refractivity contribution in [3.63, 3.8) is 0 Å². The Balaban J connectivity index is 0.00000784. The molecule has 1 rings (SSSR count). The summed E-state index contributed by atoms with van der Waals surface area (Å²) in [4.78, 5) is 18.2. The van der Waals surface area contributed by atoms with Gasteiger partial charge in [-0.05, 0) is 45.0 Å². The number of hydrogen-bond donors (Lipinski definition) is 3. The van der Waals surface area contributed by atoms with E-state index in [1.807, 2.05) is 20.8 Å². The number of carbonyl (C=O) groups is 1. The second-order valence-corrected chi connectivity index (χ2v) is 7.56. The first kappa shape index (κ1) is 27.5. The third-order valence-corrected chi connectivity index (χ3v) is 4.09. The van der Waals surface area contributed by atoms with Gasteiger partial charge in [0.25, 0.3) is 0 Å². The number of hydrogen-bond acceptors (Lipinski definition) is 4. The summed E-state index contributed by atoms with van der Waals surface area (Å²) in [6.45, 7) is 14.7. The van der Waals surface area contributed by atoms with E-state index in [4.69, 9.17) is 4.74 Å². The molecule has 0 aliphatic carbocycles. The van der Waals surface area contributed by atoms with E-state index in [0.29, 0.717) is 25.6 Å². The van der Waals surface area contributed by atoms with Crippen LogP contribution in [0.25, 0.3) is 0 Å². The van der Waals surface area contributed by atoms with Crippen LogP contribution in [0, 0.1) is 0 Å². The molecule has 0 heterocycles. The Kier molecular flexibility index (Phi) is 13.7. The minimum Gasteiger partial charge on any atom is -0.444 e. The molecule has 1 amide bonds. The van der Waals surface area contributed by atoms with Crippen LogP contribution in [0.15, 0.2) is 29.3 Å². The first-order valence-corrected chi connectivity index (χ1v) is 9.99. The van der Waals surface area contributed by atoms with Crippen molar-refractivity contribution in [1.82, 2.24) is 20.9 Å². The minimum absolute atomic E-state index is 0. The zero-order valence-corrected chi connectivity index (χ0v) is 21.0. The molecule has 1 aromatic rings. The summed E-state index contributed by atoms with van der Waals surface area (Å²) in [5, 5.41) is 9.17. The van der Waals surface area contributed by atoms with Crippen molar-refractivity contribution in [2.75, 3.05) is 33.2 Å². The smallest absolute Gasteiger partial charge is 0.407 e. The van der Waals surface area contributed by atoms with Gasteiger partial charge in [-0.15, -0.1) is 24.0 Å². The minimum atomic E-state index is -0.490. The van der Waals surface area contributed by atoms with E-state index in [9.17, 15) is 4.79 Å². The molecular weight excluding hydrogens is 481 g/mol. The Hall–Kier alpha value is -1.55.